The fourth-order valence-electron chi connectivity index (χ4n) is 2.33. The van der Waals surface area contributed by atoms with Crippen molar-refractivity contribution < 1.29 is 19.1 Å². The van der Waals surface area contributed by atoms with Crippen LogP contribution in [-0.2, 0) is 20.7 Å². The number of aromatic nitrogens is 2. The van der Waals surface area contributed by atoms with E-state index in [0.717, 1.165) is 5.52 Å². The molecule has 0 spiro atoms. The highest BCUT2D eigenvalue weighted by Gasteiger charge is 2.22. The van der Waals surface area contributed by atoms with E-state index in [1.165, 1.54) is 4.57 Å². The molecule has 0 radical (unpaired) electrons. The number of imidazole rings is 1. The summed E-state index contributed by atoms with van der Waals surface area (Å²) in [5.41, 5.74) is 0.844. The molecule has 0 atom stereocenters. The molecule has 0 fully saturated rings. The van der Waals surface area contributed by atoms with Crippen LogP contribution >= 0.6 is 12.6 Å². The molecule has 1 heterocycles. The van der Waals surface area contributed by atoms with Crippen molar-refractivity contribution in [2.24, 2.45) is 0 Å². The molecule has 0 saturated carbocycles. The van der Waals surface area contributed by atoms with Crippen molar-refractivity contribution in [1.29, 1.82) is 0 Å². The number of aryl methyl sites for hydroxylation is 1. The molecule has 7 heteroatoms. The summed E-state index contributed by atoms with van der Waals surface area (Å²) in [6.45, 7) is 5.75. The van der Waals surface area contributed by atoms with Crippen molar-refractivity contribution in [2.75, 3.05) is 12.4 Å². The number of thiol groups is 1. The first-order valence-corrected chi connectivity index (χ1v) is 8.91. The van der Waals surface area contributed by atoms with Gasteiger partial charge in [0, 0.05) is 12.2 Å². The van der Waals surface area contributed by atoms with E-state index < -0.39 is 11.7 Å². The Bertz CT molecular complexity index is 749. The Hall–Kier alpha value is -2.02. The average Bonchev–Trinajstić information content (AvgIpc) is 2.88. The normalized spacial score (nSPS) is 11.5. The molecule has 0 aliphatic carbocycles. The van der Waals surface area contributed by atoms with Crippen LogP contribution in [0.1, 0.15) is 39.4 Å². The fourth-order valence-corrected chi connectivity index (χ4v) is 2.52. The van der Waals surface area contributed by atoms with Gasteiger partial charge in [-0.05, 0) is 39.3 Å². The van der Waals surface area contributed by atoms with Gasteiger partial charge in [-0.3, -0.25) is 4.79 Å². The van der Waals surface area contributed by atoms with Gasteiger partial charge in [-0.2, -0.15) is 12.6 Å². The van der Waals surface area contributed by atoms with E-state index >= 15 is 0 Å². The molecule has 136 valence electrons. The van der Waals surface area contributed by atoms with Crippen molar-refractivity contribution in [3.63, 3.8) is 0 Å². The van der Waals surface area contributed by atoms with Crippen LogP contribution in [0, 0.1) is 0 Å². The number of para-hydroxylation sites is 2. The molecule has 0 saturated heterocycles. The topological polar surface area (TPSA) is 70.4 Å². The summed E-state index contributed by atoms with van der Waals surface area (Å²) >= 11 is 3.99. The zero-order valence-corrected chi connectivity index (χ0v) is 15.7. The predicted octanol–water partition coefficient (Wildman–Crippen LogP) is 3.62. The van der Waals surface area contributed by atoms with Crippen LogP contribution in [0.2, 0.25) is 0 Å². The van der Waals surface area contributed by atoms with Crippen molar-refractivity contribution >= 4 is 35.7 Å². The van der Waals surface area contributed by atoms with E-state index in [0.29, 0.717) is 36.4 Å². The Morgan fingerprint density at radius 3 is 2.64 bits per heavy atom. The highest BCUT2D eigenvalue weighted by atomic mass is 32.1. The average molecular weight is 364 g/mol. The smallest absolute Gasteiger partial charge is 0.420 e. The molecule has 0 unspecified atom stereocenters. The van der Waals surface area contributed by atoms with Gasteiger partial charge in [0.25, 0.3) is 0 Å². The minimum Gasteiger partial charge on any atom is -0.466 e. The summed E-state index contributed by atoms with van der Waals surface area (Å²) in [6.07, 6.45) is 0.912. The Balaban J connectivity index is 2.14. The van der Waals surface area contributed by atoms with E-state index in [1.54, 1.807) is 0 Å². The molecule has 6 nitrogen and oxygen atoms in total. The van der Waals surface area contributed by atoms with Crippen molar-refractivity contribution in [3.05, 3.63) is 30.1 Å². The van der Waals surface area contributed by atoms with Crippen molar-refractivity contribution in [3.8, 4) is 0 Å². The number of esters is 1. The predicted molar refractivity (Wildman–Crippen MR) is 99.1 cm³/mol. The van der Waals surface area contributed by atoms with E-state index in [9.17, 15) is 9.59 Å². The SMILES string of the molecule is CC(C)(C)OC(=O)n1c(CCCOC(=O)CCS)nc2ccccc21. The third-order valence-electron chi connectivity index (χ3n) is 3.33. The molecule has 25 heavy (non-hydrogen) atoms. The van der Waals surface area contributed by atoms with Gasteiger partial charge in [-0.25, -0.2) is 14.3 Å². The number of hydrogen-bond donors (Lipinski definition) is 1. The van der Waals surface area contributed by atoms with Crippen molar-refractivity contribution in [1.82, 2.24) is 9.55 Å². The number of nitrogens with zero attached hydrogens (tertiary/aromatic N) is 2. The molecule has 0 aliphatic rings. The van der Waals surface area contributed by atoms with E-state index in [4.69, 9.17) is 9.47 Å². The van der Waals surface area contributed by atoms with Crippen LogP contribution in [0.25, 0.3) is 11.0 Å². The second kappa shape index (κ2) is 8.38. The summed E-state index contributed by atoms with van der Waals surface area (Å²) in [6, 6.07) is 7.42. The number of rotatable bonds is 6. The lowest BCUT2D eigenvalue weighted by molar-refractivity contribution is -0.143. The number of benzene rings is 1. The number of carbonyl (C=O) groups excluding carboxylic acids is 2. The Morgan fingerprint density at radius 2 is 1.96 bits per heavy atom. The molecule has 1 aromatic heterocycles. The van der Waals surface area contributed by atoms with Crippen LogP contribution < -0.4 is 0 Å². The van der Waals surface area contributed by atoms with Crippen LogP contribution in [0.5, 0.6) is 0 Å². The minimum atomic E-state index is -0.595. The summed E-state index contributed by atoms with van der Waals surface area (Å²) in [5.74, 6) is 0.795. The molecule has 2 aromatic rings. The highest BCUT2D eigenvalue weighted by Crippen LogP contribution is 2.19. The lowest BCUT2D eigenvalue weighted by atomic mass is 10.2. The molecule has 0 aliphatic heterocycles. The number of hydrogen-bond acceptors (Lipinski definition) is 6. The van der Waals surface area contributed by atoms with E-state index in [2.05, 4.69) is 17.6 Å². The molecular formula is C18H24N2O4S. The molecule has 0 N–H and O–H groups in total. The molecule has 0 amide bonds. The van der Waals surface area contributed by atoms with Crippen LogP contribution in [0.4, 0.5) is 4.79 Å². The summed E-state index contributed by atoms with van der Waals surface area (Å²) in [7, 11) is 0. The Morgan fingerprint density at radius 1 is 1.24 bits per heavy atom. The van der Waals surface area contributed by atoms with Crippen molar-refractivity contribution in [2.45, 2.75) is 45.6 Å². The molecular weight excluding hydrogens is 340 g/mol. The largest absolute Gasteiger partial charge is 0.466 e. The van der Waals surface area contributed by atoms with Gasteiger partial charge in [0.2, 0.25) is 0 Å². The Kier molecular flexibility index (Phi) is 6.47. The van der Waals surface area contributed by atoms with Crippen LogP contribution in [0.15, 0.2) is 24.3 Å². The van der Waals surface area contributed by atoms with Gasteiger partial charge >= 0.3 is 12.1 Å². The minimum absolute atomic E-state index is 0.268. The first-order valence-electron chi connectivity index (χ1n) is 8.28. The van der Waals surface area contributed by atoms with Gasteiger partial charge in [0.05, 0.1) is 24.1 Å². The fraction of sp³-hybridized carbons (Fsp3) is 0.500. The number of ether oxygens (including phenoxy) is 2. The maximum absolute atomic E-state index is 12.6. The van der Waals surface area contributed by atoms with E-state index in [-0.39, 0.29) is 12.6 Å². The number of carbonyl (C=O) groups is 2. The molecule has 2 rings (SSSR count). The standard InChI is InChI=1S/C18H24N2O4S/c1-18(2,3)24-17(22)20-14-8-5-4-7-13(14)19-15(20)9-6-11-23-16(21)10-12-25/h4-5,7-8,25H,6,9-12H2,1-3H3. The molecule has 0 bridgehead atoms. The quantitative estimate of drug-likeness (QED) is 0.482. The lowest BCUT2D eigenvalue weighted by Crippen LogP contribution is -2.28. The lowest BCUT2D eigenvalue weighted by Gasteiger charge is -2.20. The summed E-state index contributed by atoms with van der Waals surface area (Å²) in [5, 5.41) is 0. The Labute approximate surface area is 152 Å². The second-order valence-electron chi connectivity index (χ2n) is 6.63. The van der Waals surface area contributed by atoms with Crippen LogP contribution in [-0.4, -0.2) is 39.6 Å². The van der Waals surface area contributed by atoms with Gasteiger partial charge in [0.1, 0.15) is 11.4 Å². The number of fused-ring (bicyclic) bond motifs is 1. The van der Waals surface area contributed by atoms with Crippen LogP contribution in [0.3, 0.4) is 0 Å². The third-order valence-corrected chi connectivity index (χ3v) is 3.55. The van der Waals surface area contributed by atoms with Gasteiger partial charge < -0.3 is 9.47 Å². The van der Waals surface area contributed by atoms with E-state index in [1.807, 2.05) is 45.0 Å². The van der Waals surface area contributed by atoms with Gasteiger partial charge in [-0.15, -0.1) is 0 Å². The monoisotopic (exact) mass is 364 g/mol. The third kappa shape index (κ3) is 5.49. The first kappa shape index (κ1) is 19.3. The maximum Gasteiger partial charge on any atom is 0.420 e. The summed E-state index contributed by atoms with van der Waals surface area (Å²) in [4.78, 5) is 28.5. The zero-order chi connectivity index (χ0) is 18.4. The van der Waals surface area contributed by atoms with Gasteiger partial charge in [-0.1, -0.05) is 12.1 Å². The highest BCUT2D eigenvalue weighted by molar-refractivity contribution is 7.80. The summed E-state index contributed by atoms with van der Waals surface area (Å²) < 4.78 is 12.1. The maximum atomic E-state index is 12.6. The second-order valence-corrected chi connectivity index (χ2v) is 7.08. The zero-order valence-electron chi connectivity index (χ0n) is 14.8. The molecule has 1 aromatic carbocycles. The first-order chi connectivity index (χ1) is 11.8. The van der Waals surface area contributed by atoms with Gasteiger partial charge in [0.15, 0.2) is 0 Å².